The largest absolute Gasteiger partial charge is 0.383 e. The molecular formula is C18H29N3O2. The fourth-order valence-corrected chi connectivity index (χ4v) is 2.72. The topological polar surface area (TPSA) is 44.8 Å². The van der Waals surface area contributed by atoms with Crippen LogP contribution in [0.2, 0.25) is 0 Å². The van der Waals surface area contributed by atoms with Gasteiger partial charge in [0.05, 0.1) is 24.6 Å². The first-order valence-corrected chi connectivity index (χ1v) is 8.62. The van der Waals surface area contributed by atoms with E-state index in [-0.39, 0.29) is 5.91 Å². The number of carbonyl (C=O) groups is 1. The fourth-order valence-electron chi connectivity index (χ4n) is 2.72. The Morgan fingerprint density at radius 2 is 2.04 bits per heavy atom. The van der Waals surface area contributed by atoms with Crippen molar-refractivity contribution in [2.75, 3.05) is 56.7 Å². The predicted molar refractivity (Wildman–Crippen MR) is 95.1 cm³/mol. The first-order valence-electron chi connectivity index (χ1n) is 8.62. The summed E-state index contributed by atoms with van der Waals surface area (Å²) in [4.78, 5) is 16.3. The lowest BCUT2D eigenvalue weighted by atomic mass is 10.2. The number of carbonyl (C=O) groups excluding carboxylic acids is 1. The molecule has 1 heterocycles. The van der Waals surface area contributed by atoms with Gasteiger partial charge in [-0.15, -0.1) is 0 Å². The third-order valence-corrected chi connectivity index (χ3v) is 4.18. The van der Waals surface area contributed by atoms with Gasteiger partial charge >= 0.3 is 0 Å². The smallest absolute Gasteiger partial charge is 0.224 e. The average molecular weight is 319 g/mol. The average Bonchev–Trinajstić information content (AvgIpc) is 2.60. The summed E-state index contributed by atoms with van der Waals surface area (Å²) < 4.78 is 5.42. The quantitative estimate of drug-likeness (QED) is 0.800. The molecule has 2 rings (SSSR count). The van der Waals surface area contributed by atoms with E-state index in [1.165, 1.54) is 5.69 Å². The Morgan fingerprint density at radius 3 is 2.78 bits per heavy atom. The number of anilines is 2. The molecule has 23 heavy (non-hydrogen) atoms. The standard InChI is InChI=1S/C18H29N3O2/c1-3-4-11-20(2)18(22)9-10-19-16-7-5-6-8-17(16)21-12-14-23-15-13-21/h5-8,19H,3-4,9-15H2,1-2H3. The number of morpholine rings is 1. The van der Waals surface area contributed by atoms with E-state index >= 15 is 0 Å². The molecule has 1 aromatic carbocycles. The molecule has 0 aromatic heterocycles. The van der Waals surface area contributed by atoms with E-state index in [2.05, 4.69) is 35.3 Å². The van der Waals surface area contributed by atoms with Crippen LogP contribution in [0.5, 0.6) is 0 Å². The molecular weight excluding hydrogens is 290 g/mol. The molecule has 0 spiro atoms. The number of nitrogens with zero attached hydrogens (tertiary/aromatic N) is 2. The number of para-hydroxylation sites is 2. The summed E-state index contributed by atoms with van der Waals surface area (Å²) >= 11 is 0. The monoisotopic (exact) mass is 319 g/mol. The van der Waals surface area contributed by atoms with Crippen LogP contribution in [0.15, 0.2) is 24.3 Å². The highest BCUT2D eigenvalue weighted by atomic mass is 16.5. The number of hydrogen-bond acceptors (Lipinski definition) is 4. The minimum Gasteiger partial charge on any atom is -0.383 e. The minimum atomic E-state index is 0.204. The van der Waals surface area contributed by atoms with Crippen LogP contribution in [-0.2, 0) is 9.53 Å². The van der Waals surface area contributed by atoms with Crippen molar-refractivity contribution < 1.29 is 9.53 Å². The predicted octanol–water partition coefficient (Wildman–Crippen LogP) is 2.58. The van der Waals surface area contributed by atoms with Gasteiger partial charge in [0.25, 0.3) is 0 Å². The van der Waals surface area contributed by atoms with Gasteiger partial charge in [0.2, 0.25) is 5.91 Å². The number of hydrogen-bond donors (Lipinski definition) is 1. The number of nitrogens with one attached hydrogen (secondary N) is 1. The summed E-state index contributed by atoms with van der Waals surface area (Å²) in [7, 11) is 1.89. The van der Waals surface area contributed by atoms with Crippen LogP contribution in [0.1, 0.15) is 26.2 Å². The van der Waals surface area contributed by atoms with Gasteiger partial charge in [-0.2, -0.15) is 0 Å². The number of amides is 1. The minimum absolute atomic E-state index is 0.204. The van der Waals surface area contributed by atoms with Crippen molar-refractivity contribution in [3.63, 3.8) is 0 Å². The molecule has 0 aliphatic carbocycles. The summed E-state index contributed by atoms with van der Waals surface area (Å²) in [6.45, 7) is 7.03. The third kappa shape index (κ3) is 5.43. The molecule has 1 aliphatic heterocycles. The Balaban J connectivity index is 1.84. The molecule has 1 aliphatic rings. The molecule has 1 fully saturated rings. The number of ether oxygens (including phenoxy) is 1. The lowest BCUT2D eigenvalue weighted by Crippen LogP contribution is -2.36. The Kier molecular flexibility index (Phi) is 7.20. The van der Waals surface area contributed by atoms with Gasteiger partial charge < -0.3 is 19.9 Å². The molecule has 0 unspecified atom stereocenters. The molecule has 5 nitrogen and oxygen atoms in total. The van der Waals surface area contributed by atoms with Gasteiger partial charge in [-0.25, -0.2) is 0 Å². The number of unbranched alkanes of at least 4 members (excludes halogenated alkanes) is 1. The summed E-state index contributed by atoms with van der Waals surface area (Å²) in [5, 5.41) is 3.42. The van der Waals surface area contributed by atoms with Crippen molar-refractivity contribution in [3.05, 3.63) is 24.3 Å². The van der Waals surface area contributed by atoms with Crippen molar-refractivity contribution >= 4 is 17.3 Å². The molecule has 1 N–H and O–H groups in total. The summed E-state index contributed by atoms with van der Waals surface area (Å²) in [5.41, 5.74) is 2.29. The van der Waals surface area contributed by atoms with Gasteiger partial charge in [0, 0.05) is 39.6 Å². The van der Waals surface area contributed by atoms with E-state index in [1.54, 1.807) is 0 Å². The maximum atomic E-state index is 12.1. The second kappa shape index (κ2) is 9.40. The van der Waals surface area contributed by atoms with E-state index in [4.69, 9.17) is 4.74 Å². The highest BCUT2D eigenvalue weighted by molar-refractivity contribution is 5.77. The molecule has 0 bridgehead atoms. The highest BCUT2D eigenvalue weighted by Crippen LogP contribution is 2.26. The van der Waals surface area contributed by atoms with Gasteiger partial charge in [-0.1, -0.05) is 25.5 Å². The van der Waals surface area contributed by atoms with Crippen LogP contribution in [0.4, 0.5) is 11.4 Å². The van der Waals surface area contributed by atoms with Crippen LogP contribution in [0, 0.1) is 0 Å². The van der Waals surface area contributed by atoms with E-state index in [0.717, 1.165) is 51.4 Å². The van der Waals surface area contributed by atoms with Gasteiger partial charge in [-0.05, 0) is 18.6 Å². The van der Waals surface area contributed by atoms with Crippen molar-refractivity contribution in [1.82, 2.24) is 4.90 Å². The van der Waals surface area contributed by atoms with Crippen molar-refractivity contribution in [3.8, 4) is 0 Å². The Bertz CT molecular complexity index is 487. The summed E-state index contributed by atoms with van der Waals surface area (Å²) in [6, 6.07) is 8.29. The highest BCUT2D eigenvalue weighted by Gasteiger charge is 2.14. The van der Waals surface area contributed by atoms with Crippen molar-refractivity contribution in [2.24, 2.45) is 0 Å². The lowest BCUT2D eigenvalue weighted by molar-refractivity contribution is -0.129. The normalized spacial score (nSPS) is 14.6. The van der Waals surface area contributed by atoms with Crippen LogP contribution in [0.3, 0.4) is 0 Å². The second-order valence-electron chi connectivity index (χ2n) is 5.96. The summed E-state index contributed by atoms with van der Waals surface area (Å²) in [5.74, 6) is 0.204. The maximum Gasteiger partial charge on any atom is 0.224 e. The van der Waals surface area contributed by atoms with E-state index in [0.29, 0.717) is 13.0 Å². The SMILES string of the molecule is CCCCN(C)C(=O)CCNc1ccccc1N1CCOCC1. The molecule has 0 saturated carbocycles. The lowest BCUT2D eigenvalue weighted by Gasteiger charge is -2.30. The molecule has 128 valence electrons. The molecule has 5 heteroatoms. The number of rotatable bonds is 8. The molecule has 0 atom stereocenters. The maximum absolute atomic E-state index is 12.1. The Morgan fingerprint density at radius 1 is 1.30 bits per heavy atom. The molecule has 1 saturated heterocycles. The zero-order chi connectivity index (χ0) is 16.5. The molecule has 1 amide bonds. The van der Waals surface area contributed by atoms with Gasteiger partial charge in [0.15, 0.2) is 0 Å². The zero-order valence-corrected chi connectivity index (χ0v) is 14.4. The third-order valence-electron chi connectivity index (χ3n) is 4.18. The van der Waals surface area contributed by atoms with Crippen molar-refractivity contribution in [1.29, 1.82) is 0 Å². The van der Waals surface area contributed by atoms with E-state index in [9.17, 15) is 4.79 Å². The molecule has 1 aromatic rings. The van der Waals surface area contributed by atoms with Crippen LogP contribution >= 0.6 is 0 Å². The van der Waals surface area contributed by atoms with Crippen LogP contribution < -0.4 is 10.2 Å². The zero-order valence-electron chi connectivity index (χ0n) is 14.4. The van der Waals surface area contributed by atoms with Crippen LogP contribution in [-0.4, -0.2) is 57.2 Å². The molecule has 0 radical (unpaired) electrons. The Hall–Kier alpha value is -1.75. The number of benzene rings is 1. The van der Waals surface area contributed by atoms with Crippen LogP contribution in [0.25, 0.3) is 0 Å². The first-order chi connectivity index (χ1) is 11.2. The van der Waals surface area contributed by atoms with Gasteiger partial charge in [0.1, 0.15) is 0 Å². The van der Waals surface area contributed by atoms with Crippen molar-refractivity contribution in [2.45, 2.75) is 26.2 Å². The first kappa shape index (κ1) is 17.6. The second-order valence-corrected chi connectivity index (χ2v) is 5.96. The van der Waals surface area contributed by atoms with Gasteiger partial charge in [-0.3, -0.25) is 4.79 Å². The summed E-state index contributed by atoms with van der Waals surface area (Å²) in [6.07, 6.45) is 2.70. The van der Waals surface area contributed by atoms with E-state index in [1.807, 2.05) is 18.0 Å². The van der Waals surface area contributed by atoms with E-state index < -0.39 is 0 Å². The fraction of sp³-hybridized carbons (Fsp3) is 0.611. The Labute approximate surface area is 139 Å².